The number of nitrogens with zero attached hydrogens (tertiary/aromatic N) is 2. The molecule has 3 heteroatoms. The number of halogens is 1. The average Bonchev–Trinajstić information content (AvgIpc) is 2.36. The zero-order chi connectivity index (χ0) is 12.3. The van der Waals surface area contributed by atoms with Gasteiger partial charge in [0, 0.05) is 24.5 Å². The first-order valence-electron chi connectivity index (χ1n) is 7.23. The van der Waals surface area contributed by atoms with Crippen LogP contribution in [0.15, 0.2) is 0 Å². The summed E-state index contributed by atoms with van der Waals surface area (Å²) in [6, 6.07) is 0.879. The van der Waals surface area contributed by atoms with Crippen molar-refractivity contribution < 1.29 is 0 Å². The second-order valence-corrected chi connectivity index (χ2v) is 6.57. The topological polar surface area (TPSA) is 6.48 Å². The van der Waals surface area contributed by atoms with Crippen LogP contribution in [-0.2, 0) is 0 Å². The van der Waals surface area contributed by atoms with Crippen LogP contribution in [0.1, 0.15) is 32.6 Å². The summed E-state index contributed by atoms with van der Waals surface area (Å²) in [7, 11) is 2.32. The number of hydrogen-bond donors (Lipinski definition) is 0. The minimum Gasteiger partial charge on any atom is -0.303 e. The molecule has 0 N–H and O–H groups in total. The number of hydrogen-bond acceptors (Lipinski definition) is 2. The summed E-state index contributed by atoms with van der Waals surface area (Å²) in [6.07, 6.45) is 5.55. The standard InChI is InChI=1S/C14H27BrN2/c1-3-12(9-15)10-17-8-6-14-13(11-17)5-4-7-16(14)2/h12-14H,3-11H2,1-2H3. The normalized spacial score (nSPS) is 33.4. The van der Waals surface area contributed by atoms with E-state index in [1.54, 1.807) is 0 Å². The van der Waals surface area contributed by atoms with Gasteiger partial charge in [-0.25, -0.2) is 0 Å². The molecule has 0 aromatic rings. The first-order valence-corrected chi connectivity index (χ1v) is 8.35. The molecular weight excluding hydrogens is 276 g/mol. The molecule has 0 radical (unpaired) electrons. The van der Waals surface area contributed by atoms with Crippen molar-refractivity contribution >= 4 is 15.9 Å². The molecule has 0 spiro atoms. The number of alkyl halides is 1. The lowest BCUT2D eigenvalue weighted by Crippen LogP contribution is -2.53. The first kappa shape index (κ1) is 13.8. The highest BCUT2D eigenvalue weighted by molar-refractivity contribution is 9.09. The SMILES string of the molecule is CCC(CBr)CN1CCC2C(CCCN2C)C1. The maximum absolute atomic E-state index is 3.65. The fourth-order valence-electron chi connectivity index (χ4n) is 3.55. The smallest absolute Gasteiger partial charge is 0.0145 e. The highest BCUT2D eigenvalue weighted by Crippen LogP contribution is 2.30. The van der Waals surface area contributed by atoms with E-state index in [1.807, 2.05) is 0 Å². The molecule has 2 aliphatic rings. The second-order valence-electron chi connectivity index (χ2n) is 5.93. The third-order valence-corrected chi connectivity index (χ3v) is 5.66. The van der Waals surface area contributed by atoms with Crippen molar-refractivity contribution in [3.63, 3.8) is 0 Å². The molecule has 2 saturated heterocycles. The van der Waals surface area contributed by atoms with Crippen molar-refractivity contribution in [3.8, 4) is 0 Å². The Morgan fingerprint density at radius 3 is 2.82 bits per heavy atom. The molecule has 0 aromatic heterocycles. The Kier molecular flexibility index (Phi) is 5.31. The number of rotatable bonds is 4. The van der Waals surface area contributed by atoms with Gasteiger partial charge in [0.2, 0.25) is 0 Å². The summed E-state index contributed by atoms with van der Waals surface area (Å²) < 4.78 is 0. The van der Waals surface area contributed by atoms with E-state index in [-0.39, 0.29) is 0 Å². The van der Waals surface area contributed by atoms with Crippen LogP contribution in [0, 0.1) is 11.8 Å². The molecule has 0 aliphatic carbocycles. The molecule has 2 fully saturated rings. The molecule has 3 atom stereocenters. The summed E-state index contributed by atoms with van der Waals surface area (Å²) in [5.74, 6) is 1.78. The van der Waals surface area contributed by atoms with E-state index in [9.17, 15) is 0 Å². The molecule has 100 valence electrons. The molecule has 0 aromatic carbocycles. The van der Waals surface area contributed by atoms with Gasteiger partial charge in [-0.1, -0.05) is 29.3 Å². The number of fused-ring (bicyclic) bond motifs is 1. The van der Waals surface area contributed by atoms with Crippen molar-refractivity contribution in [2.45, 2.75) is 38.6 Å². The van der Waals surface area contributed by atoms with Crippen molar-refractivity contribution in [2.75, 3.05) is 38.6 Å². The predicted octanol–water partition coefficient (Wildman–Crippen LogP) is 2.82. The summed E-state index contributed by atoms with van der Waals surface area (Å²) in [4.78, 5) is 5.32. The van der Waals surface area contributed by atoms with Crippen LogP contribution in [0.5, 0.6) is 0 Å². The maximum Gasteiger partial charge on any atom is 0.0145 e. The molecule has 2 rings (SSSR count). The van der Waals surface area contributed by atoms with Gasteiger partial charge in [0.25, 0.3) is 0 Å². The minimum absolute atomic E-state index is 0.841. The molecule has 2 heterocycles. The number of piperidine rings is 2. The van der Waals surface area contributed by atoms with Crippen LogP contribution in [0.2, 0.25) is 0 Å². The lowest BCUT2D eigenvalue weighted by atomic mass is 9.84. The highest BCUT2D eigenvalue weighted by atomic mass is 79.9. The van der Waals surface area contributed by atoms with Crippen LogP contribution < -0.4 is 0 Å². The van der Waals surface area contributed by atoms with Gasteiger partial charge in [-0.15, -0.1) is 0 Å². The molecule has 2 nitrogen and oxygen atoms in total. The third kappa shape index (κ3) is 3.45. The Labute approximate surface area is 115 Å². The fourth-order valence-corrected chi connectivity index (χ4v) is 4.21. The minimum atomic E-state index is 0.841. The maximum atomic E-state index is 3.65. The van der Waals surface area contributed by atoms with Crippen molar-refractivity contribution in [3.05, 3.63) is 0 Å². The Bertz CT molecular complexity index is 230. The Morgan fingerprint density at radius 1 is 1.29 bits per heavy atom. The van der Waals surface area contributed by atoms with E-state index in [0.29, 0.717) is 0 Å². The predicted molar refractivity (Wildman–Crippen MR) is 77.8 cm³/mol. The lowest BCUT2D eigenvalue weighted by Gasteiger charge is -2.46. The van der Waals surface area contributed by atoms with Crippen LogP contribution in [-0.4, -0.2) is 54.4 Å². The van der Waals surface area contributed by atoms with E-state index in [2.05, 4.69) is 39.7 Å². The Balaban J connectivity index is 1.84. The monoisotopic (exact) mass is 302 g/mol. The Morgan fingerprint density at radius 2 is 2.12 bits per heavy atom. The van der Waals surface area contributed by atoms with E-state index < -0.39 is 0 Å². The molecule has 17 heavy (non-hydrogen) atoms. The lowest BCUT2D eigenvalue weighted by molar-refractivity contribution is 0.0335. The van der Waals surface area contributed by atoms with Gasteiger partial charge >= 0.3 is 0 Å². The largest absolute Gasteiger partial charge is 0.303 e. The van der Waals surface area contributed by atoms with E-state index >= 15 is 0 Å². The van der Waals surface area contributed by atoms with Gasteiger partial charge in [0.15, 0.2) is 0 Å². The highest BCUT2D eigenvalue weighted by Gasteiger charge is 2.34. The summed E-state index contributed by atoms with van der Waals surface area (Å²) in [5.41, 5.74) is 0. The quantitative estimate of drug-likeness (QED) is 0.737. The zero-order valence-corrected chi connectivity index (χ0v) is 13.0. The second kappa shape index (κ2) is 6.53. The average molecular weight is 303 g/mol. The van der Waals surface area contributed by atoms with Gasteiger partial charge in [-0.3, -0.25) is 0 Å². The fraction of sp³-hybridized carbons (Fsp3) is 1.00. The molecule has 3 unspecified atom stereocenters. The first-order chi connectivity index (χ1) is 8.24. The summed E-state index contributed by atoms with van der Waals surface area (Å²) in [6.45, 7) is 7.59. The van der Waals surface area contributed by atoms with Crippen LogP contribution in [0.25, 0.3) is 0 Å². The summed E-state index contributed by atoms with van der Waals surface area (Å²) >= 11 is 3.65. The van der Waals surface area contributed by atoms with Gasteiger partial charge in [-0.2, -0.15) is 0 Å². The van der Waals surface area contributed by atoms with Crippen LogP contribution in [0.4, 0.5) is 0 Å². The van der Waals surface area contributed by atoms with Gasteiger partial charge in [-0.05, 0) is 51.2 Å². The van der Waals surface area contributed by atoms with Crippen molar-refractivity contribution in [2.24, 2.45) is 11.8 Å². The van der Waals surface area contributed by atoms with Crippen molar-refractivity contribution in [1.29, 1.82) is 0 Å². The van der Waals surface area contributed by atoms with E-state index in [0.717, 1.165) is 23.2 Å². The van der Waals surface area contributed by atoms with Gasteiger partial charge in [0.1, 0.15) is 0 Å². The van der Waals surface area contributed by atoms with E-state index in [1.165, 1.54) is 51.9 Å². The molecule has 0 bridgehead atoms. The Hall–Kier alpha value is 0.400. The van der Waals surface area contributed by atoms with Crippen LogP contribution >= 0.6 is 15.9 Å². The third-order valence-electron chi connectivity index (χ3n) is 4.74. The molecule has 0 amide bonds. The van der Waals surface area contributed by atoms with Gasteiger partial charge < -0.3 is 9.80 Å². The zero-order valence-electron chi connectivity index (χ0n) is 11.4. The summed E-state index contributed by atoms with van der Waals surface area (Å²) in [5, 5.41) is 1.16. The number of likely N-dealkylation sites (tertiary alicyclic amines) is 2. The molecular formula is C14H27BrN2. The van der Waals surface area contributed by atoms with Gasteiger partial charge in [0.05, 0.1) is 0 Å². The molecule has 0 saturated carbocycles. The van der Waals surface area contributed by atoms with Crippen LogP contribution in [0.3, 0.4) is 0 Å². The van der Waals surface area contributed by atoms with E-state index in [4.69, 9.17) is 0 Å². The van der Waals surface area contributed by atoms with Crippen molar-refractivity contribution in [1.82, 2.24) is 9.80 Å². The molecule has 2 aliphatic heterocycles.